The molecule has 1 aromatic rings. The van der Waals surface area contributed by atoms with E-state index in [-0.39, 0.29) is 17.7 Å². The molecule has 4 heteroatoms. The first kappa shape index (κ1) is 15.5. The zero-order chi connectivity index (χ0) is 15.2. The third kappa shape index (κ3) is 4.06. The van der Waals surface area contributed by atoms with Crippen molar-refractivity contribution in [1.82, 2.24) is 9.80 Å². The van der Waals surface area contributed by atoms with Crippen LogP contribution in [0.3, 0.4) is 0 Å². The quantitative estimate of drug-likeness (QED) is 0.831. The summed E-state index contributed by atoms with van der Waals surface area (Å²) in [6, 6.07) is 10.2. The molecule has 2 rings (SSSR count). The Hall–Kier alpha value is -1.84. The van der Waals surface area contributed by atoms with Crippen LogP contribution in [0.2, 0.25) is 0 Å². The van der Waals surface area contributed by atoms with Gasteiger partial charge in [0.1, 0.15) is 0 Å². The van der Waals surface area contributed by atoms with Crippen LogP contribution in [0.15, 0.2) is 30.3 Å². The molecule has 0 saturated carbocycles. The molecule has 0 radical (unpaired) electrons. The number of hydrogen-bond acceptors (Lipinski definition) is 2. The smallest absolute Gasteiger partial charge is 0.226 e. The molecular weight excluding hydrogens is 264 g/mol. The second-order valence-corrected chi connectivity index (χ2v) is 5.66. The van der Waals surface area contributed by atoms with E-state index in [0.29, 0.717) is 19.5 Å². The van der Waals surface area contributed by atoms with Gasteiger partial charge in [0.15, 0.2) is 0 Å². The van der Waals surface area contributed by atoms with Crippen molar-refractivity contribution >= 4 is 11.8 Å². The molecule has 1 aliphatic heterocycles. The predicted molar refractivity (Wildman–Crippen MR) is 82.8 cm³/mol. The van der Waals surface area contributed by atoms with Gasteiger partial charge in [0.2, 0.25) is 11.8 Å². The lowest BCUT2D eigenvalue weighted by Gasteiger charge is -2.31. The van der Waals surface area contributed by atoms with E-state index < -0.39 is 0 Å². The summed E-state index contributed by atoms with van der Waals surface area (Å²) in [6.45, 7) is 4.11. The maximum Gasteiger partial charge on any atom is 0.226 e. The maximum absolute atomic E-state index is 12.6. The van der Waals surface area contributed by atoms with Gasteiger partial charge in [0.25, 0.3) is 0 Å². The summed E-state index contributed by atoms with van der Waals surface area (Å²) in [5.41, 5.74) is 1.24. The molecule has 1 aliphatic rings. The zero-order valence-electron chi connectivity index (χ0n) is 12.9. The van der Waals surface area contributed by atoms with Gasteiger partial charge in [-0.2, -0.15) is 0 Å². The number of likely N-dealkylation sites (N-methyl/N-ethyl adjacent to an activating group) is 1. The van der Waals surface area contributed by atoms with E-state index >= 15 is 0 Å². The van der Waals surface area contributed by atoms with Crippen LogP contribution in [-0.4, -0.2) is 48.3 Å². The van der Waals surface area contributed by atoms with Crippen molar-refractivity contribution in [2.45, 2.75) is 26.2 Å². The molecule has 1 unspecified atom stereocenters. The summed E-state index contributed by atoms with van der Waals surface area (Å²) in [5, 5.41) is 0. The second-order valence-electron chi connectivity index (χ2n) is 5.66. The van der Waals surface area contributed by atoms with Crippen molar-refractivity contribution in [3.05, 3.63) is 35.9 Å². The highest BCUT2D eigenvalue weighted by molar-refractivity contribution is 5.86. The van der Waals surface area contributed by atoms with Crippen molar-refractivity contribution < 1.29 is 9.59 Å². The zero-order valence-corrected chi connectivity index (χ0v) is 12.9. The first-order valence-corrected chi connectivity index (χ1v) is 7.68. The minimum atomic E-state index is -0.135. The first-order chi connectivity index (χ1) is 10.1. The average Bonchev–Trinajstić information content (AvgIpc) is 2.51. The van der Waals surface area contributed by atoms with Gasteiger partial charge < -0.3 is 9.80 Å². The van der Waals surface area contributed by atoms with E-state index in [1.807, 2.05) is 30.0 Å². The summed E-state index contributed by atoms with van der Waals surface area (Å²) in [6.07, 6.45) is 2.00. The number of likely N-dealkylation sites (tertiary alicyclic amines) is 1. The van der Waals surface area contributed by atoms with Gasteiger partial charge in [-0.05, 0) is 25.3 Å². The van der Waals surface area contributed by atoms with Gasteiger partial charge in [0, 0.05) is 39.0 Å². The van der Waals surface area contributed by atoms with Crippen LogP contribution in [-0.2, 0) is 16.0 Å². The van der Waals surface area contributed by atoms with E-state index in [1.165, 1.54) is 5.56 Å². The molecular formula is C17H24N2O2. The Labute approximate surface area is 126 Å². The van der Waals surface area contributed by atoms with Gasteiger partial charge >= 0.3 is 0 Å². The predicted octanol–water partition coefficient (Wildman–Crippen LogP) is 1.95. The Morgan fingerprint density at radius 3 is 2.67 bits per heavy atom. The molecule has 1 fully saturated rings. The number of piperidine rings is 1. The molecule has 114 valence electrons. The molecule has 4 nitrogen and oxygen atoms in total. The number of rotatable bonds is 5. The minimum Gasteiger partial charge on any atom is -0.346 e. The van der Waals surface area contributed by atoms with Crippen LogP contribution < -0.4 is 0 Å². The number of carbonyl (C=O) groups excluding carboxylic acids is 2. The van der Waals surface area contributed by atoms with E-state index in [0.717, 1.165) is 19.4 Å². The lowest BCUT2D eigenvalue weighted by molar-refractivity contribution is -0.144. The normalized spacial score (nSPS) is 18.7. The van der Waals surface area contributed by atoms with Gasteiger partial charge in [0.05, 0.1) is 0 Å². The van der Waals surface area contributed by atoms with Crippen molar-refractivity contribution in [2.75, 3.05) is 26.7 Å². The maximum atomic E-state index is 12.6. The average molecular weight is 288 g/mol. The Kier molecular flexibility index (Phi) is 5.37. The number of nitrogens with zero attached hydrogens (tertiary/aromatic N) is 2. The van der Waals surface area contributed by atoms with Gasteiger partial charge in [-0.15, -0.1) is 0 Å². The van der Waals surface area contributed by atoms with E-state index in [2.05, 4.69) is 12.1 Å². The molecule has 0 aliphatic carbocycles. The number of hydrogen-bond donors (Lipinski definition) is 0. The topological polar surface area (TPSA) is 40.6 Å². The number of carbonyl (C=O) groups is 2. The molecule has 0 aromatic heterocycles. The monoisotopic (exact) mass is 288 g/mol. The Bertz CT molecular complexity index is 487. The molecule has 0 N–H and O–H groups in total. The Balaban J connectivity index is 1.91. The third-order valence-corrected chi connectivity index (χ3v) is 4.22. The van der Waals surface area contributed by atoms with Gasteiger partial charge in [-0.25, -0.2) is 0 Å². The fraction of sp³-hybridized carbons (Fsp3) is 0.529. The van der Waals surface area contributed by atoms with Crippen LogP contribution in [0.5, 0.6) is 0 Å². The molecule has 1 atom stereocenters. The summed E-state index contributed by atoms with van der Waals surface area (Å²) in [4.78, 5) is 27.9. The van der Waals surface area contributed by atoms with Crippen molar-refractivity contribution in [1.29, 1.82) is 0 Å². The molecule has 1 aromatic carbocycles. The Morgan fingerprint density at radius 2 is 2.05 bits per heavy atom. The van der Waals surface area contributed by atoms with Gasteiger partial charge in [-0.3, -0.25) is 9.59 Å². The van der Waals surface area contributed by atoms with Crippen LogP contribution in [0.1, 0.15) is 25.3 Å². The van der Waals surface area contributed by atoms with Crippen molar-refractivity contribution in [3.8, 4) is 0 Å². The van der Waals surface area contributed by atoms with Gasteiger partial charge in [-0.1, -0.05) is 30.3 Å². The standard InChI is InChI=1S/C17H24N2O2/c1-3-19(12-9-14-7-5-4-6-8-14)17(21)15-10-11-18(2)16(20)13-15/h4-8,15H,3,9-13H2,1-2H3. The van der Waals surface area contributed by atoms with Crippen LogP contribution in [0.4, 0.5) is 0 Å². The minimum absolute atomic E-state index is 0.0821. The van der Waals surface area contributed by atoms with Crippen molar-refractivity contribution in [2.24, 2.45) is 5.92 Å². The number of benzene rings is 1. The first-order valence-electron chi connectivity index (χ1n) is 7.68. The third-order valence-electron chi connectivity index (χ3n) is 4.22. The molecule has 21 heavy (non-hydrogen) atoms. The molecule has 1 heterocycles. The van der Waals surface area contributed by atoms with Crippen LogP contribution in [0.25, 0.3) is 0 Å². The molecule has 1 saturated heterocycles. The summed E-state index contributed by atoms with van der Waals surface area (Å²) >= 11 is 0. The molecule has 0 spiro atoms. The fourth-order valence-electron chi connectivity index (χ4n) is 2.74. The molecule has 2 amide bonds. The van der Waals surface area contributed by atoms with E-state index in [1.54, 1.807) is 11.9 Å². The second kappa shape index (κ2) is 7.25. The van der Waals surface area contributed by atoms with E-state index in [9.17, 15) is 9.59 Å². The van der Waals surface area contributed by atoms with Crippen molar-refractivity contribution in [3.63, 3.8) is 0 Å². The highest BCUT2D eigenvalue weighted by atomic mass is 16.2. The molecule has 0 bridgehead atoms. The van der Waals surface area contributed by atoms with E-state index in [4.69, 9.17) is 0 Å². The summed E-state index contributed by atoms with van der Waals surface area (Å²) < 4.78 is 0. The lowest BCUT2D eigenvalue weighted by atomic mass is 9.95. The highest BCUT2D eigenvalue weighted by Crippen LogP contribution is 2.20. The summed E-state index contributed by atoms with van der Waals surface area (Å²) in [7, 11) is 1.80. The van der Waals surface area contributed by atoms with Crippen LogP contribution >= 0.6 is 0 Å². The lowest BCUT2D eigenvalue weighted by Crippen LogP contribution is -2.44. The highest BCUT2D eigenvalue weighted by Gasteiger charge is 2.30. The van der Waals surface area contributed by atoms with Crippen LogP contribution in [0, 0.1) is 5.92 Å². The SMILES string of the molecule is CCN(CCc1ccccc1)C(=O)C1CCN(C)C(=O)C1. The summed E-state index contributed by atoms with van der Waals surface area (Å²) in [5.74, 6) is 0.0815. The fourth-order valence-corrected chi connectivity index (χ4v) is 2.74. The largest absolute Gasteiger partial charge is 0.346 e. The number of amides is 2. The Morgan fingerprint density at radius 1 is 1.33 bits per heavy atom.